The van der Waals surface area contributed by atoms with Crippen LogP contribution in [0, 0.1) is 0 Å². The Bertz CT molecular complexity index is 847. The highest BCUT2D eigenvalue weighted by Crippen LogP contribution is 2.20. The van der Waals surface area contributed by atoms with Crippen molar-refractivity contribution in [2.75, 3.05) is 40.3 Å². The summed E-state index contributed by atoms with van der Waals surface area (Å²) in [5, 5.41) is 23.5. The first kappa shape index (κ1) is 22.9. The minimum atomic E-state index is -1.26. The summed E-state index contributed by atoms with van der Waals surface area (Å²) in [7, 11) is 3.83. The summed E-state index contributed by atoms with van der Waals surface area (Å²) in [4.78, 5) is 50.8. The van der Waals surface area contributed by atoms with Gasteiger partial charge < -0.3 is 30.6 Å². The maximum Gasteiger partial charge on any atom is 0.322 e. The molecule has 0 bridgehead atoms. The van der Waals surface area contributed by atoms with Crippen molar-refractivity contribution in [2.24, 2.45) is 0 Å². The molecule has 0 spiro atoms. The Kier molecular flexibility index (Phi) is 7.93. The Morgan fingerprint density at radius 3 is 2.37 bits per heavy atom. The SMILES string of the molecule is CN(C)CCNC(=O)c1ccc(CN2CCC(O)=C(C(=O)NCC(=O)O)C2=O)cc1. The number of aliphatic carboxylic acids is 1. The van der Waals surface area contributed by atoms with E-state index in [9.17, 15) is 24.3 Å². The summed E-state index contributed by atoms with van der Waals surface area (Å²) >= 11 is 0. The summed E-state index contributed by atoms with van der Waals surface area (Å²) < 4.78 is 0. The number of hydrogen-bond donors (Lipinski definition) is 4. The van der Waals surface area contributed by atoms with Gasteiger partial charge in [-0.2, -0.15) is 0 Å². The molecular weight excluding hydrogens is 392 g/mol. The number of aliphatic hydroxyl groups excluding tert-OH is 1. The molecule has 1 aromatic carbocycles. The third-order valence-electron chi connectivity index (χ3n) is 4.47. The molecule has 10 nitrogen and oxygen atoms in total. The molecule has 0 saturated carbocycles. The Hall–Kier alpha value is -3.40. The number of nitrogens with one attached hydrogen (secondary N) is 2. The normalized spacial score (nSPS) is 14.1. The average molecular weight is 418 g/mol. The van der Waals surface area contributed by atoms with Gasteiger partial charge in [0.15, 0.2) is 0 Å². The van der Waals surface area contributed by atoms with Crippen LogP contribution in [-0.2, 0) is 20.9 Å². The van der Waals surface area contributed by atoms with Crippen LogP contribution in [0.4, 0.5) is 0 Å². The van der Waals surface area contributed by atoms with Crippen LogP contribution in [0.15, 0.2) is 35.6 Å². The van der Waals surface area contributed by atoms with Crippen molar-refractivity contribution in [3.63, 3.8) is 0 Å². The molecule has 162 valence electrons. The number of rotatable bonds is 9. The maximum absolute atomic E-state index is 12.6. The first-order valence-corrected chi connectivity index (χ1v) is 9.42. The zero-order chi connectivity index (χ0) is 22.3. The van der Waals surface area contributed by atoms with Crippen LogP contribution in [0.3, 0.4) is 0 Å². The van der Waals surface area contributed by atoms with Gasteiger partial charge in [-0.1, -0.05) is 12.1 Å². The smallest absolute Gasteiger partial charge is 0.322 e. The number of benzene rings is 1. The van der Waals surface area contributed by atoms with E-state index in [-0.39, 0.29) is 31.2 Å². The first-order valence-electron chi connectivity index (χ1n) is 9.42. The van der Waals surface area contributed by atoms with Crippen LogP contribution in [0.5, 0.6) is 0 Å². The second kappa shape index (κ2) is 10.4. The molecule has 0 unspecified atom stereocenters. The predicted molar refractivity (Wildman–Crippen MR) is 108 cm³/mol. The lowest BCUT2D eigenvalue weighted by atomic mass is 10.0. The lowest BCUT2D eigenvalue weighted by molar-refractivity contribution is -0.138. The van der Waals surface area contributed by atoms with E-state index in [1.165, 1.54) is 4.90 Å². The van der Waals surface area contributed by atoms with Crippen LogP contribution in [0.25, 0.3) is 0 Å². The van der Waals surface area contributed by atoms with Gasteiger partial charge in [-0.25, -0.2) is 0 Å². The average Bonchev–Trinajstić information content (AvgIpc) is 2.68. The largest absolute Gasteiger partial charge is 0.511 e. The highest BCUT2D eigenvalue weighted by atomic mass is 16.4. The van der Waals surface area contributed by atoms with E-state index >= 15 is 0 Å². The monoisotopic (exact) mass is 418 g/mol. The highest BCUT2D eigenvalue weighted by molar-refractivity contribution is 6.19. The van der Waals surface area contributed by atoms with Crippen molar-refractivity contribution in [3.05, 3.63) is 46.7 Å². The number of nitrogens with zero attached hydrogens (tertiary/aromatic N) is 2. The lowest BCUT2D eigenvalue weighted by Crippen LogP contribution is -2.43. The predicted octanol–water partition coefficient (Wildman–Crippen LogP) is -0.277. The molecule has 3 amide bonds. The number of likely N-dealkylation sites (N-methyl/N-ethyl adjacent to an activating group) is 1. The molecule has 0 radical (unpaired) electrons. The first-order chi connectivity index (χ1) is 14.2. The number of carbonyl (C=O) groups is 4. The third kappa shape index (κ3) is 6.31. The van der Waals surface area contributed by atoms with Crippen molar-refractivity contribution in [1.29, 1.82) is 0 Å². The number of aliphatic hydroxyl groups is 1. The molecule has 1 aliphatic heterocycles. The number of hydrogen-bond acceptors (Lipinski definition) is 6. The second-order valence-electron chi connectivity index (χ2n) is 7.13. The molecule has 10 heteroatoms. The summed E-state index contributed by atoms with van der Waals surface area (Å²) in [6, 6.07) is 6.75. The van der Waals surface area contributed by atoms with Crippen LogP contribution in [-0.4, -0.2) is 84.0 Å². The molecule has 1 heterocycles. The fourth-order valence-corrected chi connectivity index (χ4v) is 2.85. The molecule has 0 aliphatic carbocycles. The van der Waals surface area contributed by atoms with Gasteiger partial charge in [0.25, 0.3) is 17.7 Å². The highest BCUT2D eigenvalue weighted by Gasteiger charge is 2.32. The molecule has 1 aliphatic rings. The molecule has 2 rings (SSSR count). The van der Waals surface area contributed by atoms with E-state index < -0.39 is 29.9 Å². The zero-order valence-corrected chi connectivity index (χ0v) is 17.0. The number of carboxylic acids is 1. The van der Waals surface area contributed by atoms with E-state index in [0.717, 1.165) is 12.1 Å². The van der Waals surface area contributed by atoms with E-state index in [1.807, 2.05) is 19.0 Å². The molecule has 4 N–H and O–H groups in total. The van der Waals surface area contributed by atoms with E-state index in [2.05, 4.69) is 10.6 Å². The number of amides is 3. The topological polar surface area (TPSA) is 139 Å². The van der Waals surface area contributed by atoms with Crippen molar-refractivity contribution in [1.82, 2.24) is 20.4 Å². The van der Waals surface area contributed by atoms with Crippen LogP contribution in [0.2, 0.25) is 0 Å². The molecule has 1 aromatic rings. The molecular formula is C20H26N4O6. The van der Waals surface area contributed by atoms with Crippen molar-refractivity contribution in [3.8, 4) is 0 Å². The Morgan fingerprint density at radius 2 is 1.77 bits per heavy atom. The fourth-order valence-electron chi connectivity index (χ4n) is 2.85. The minimum Gasteiger partial charge on any atom is -0.511 e. The summed E-state index contributed by atoms with van der Waals surface area (Å²) in [5.41, 5.74) is 0.799. The second-order valence-corrected chi connectivity index (χ2v) is 7.13. The van der Waals surface area contributed by atoms with Gasteiger partial charge >= 0.3 is 5.97 Å². The zero-order valence-electron chi connectivity index (χ0n) is 17.0. The standard InChI is InChI=1S/C20H26N4O6/c1-23(2)10-8-21-18(28)14-5-3-13(4-6-14)12-24-9-7-15(25)17(20(24)30)19(29)22-11-16(26)27/h3-6,25H,7-12H2,1-2H3,(H,21,28)(H,22,29)(H,26,27). The van der Waals surface area contributed by atoms with Gasteiger partial charge in [0.2, 0.25) is 0 Å². The molecule has 0 aromatic heterocycles. The van der Waals surface area contributed by atoms with E-state index in [1.54, 1.807) is 24.3 Å². The van der Waals surface area contributed by atoms with Gasteiger partial charge in [-0.15, -0.1) is 0 Å². The number of carbonyl (C=O) groups excluding carboxylic acids is 3. The molecule has 30 heavy (non-hydrogen) atoms. The van der Waals surface area contributed by atoms with Crippen molar-refractivity contribution < 1.29 is 29.4 Å². The van der Waals surface area contributed by atoms with Crippen LogP contribution < -0.4 is 10.6 Å². The summed E-state index contributed by atoms with van der Waals surface area (Å²) in [5.74, 6) is -3.40. The van der Waals surface area contributed by atoms with Gasteiger partial charge in [0.05, 0.1) is 0 Å². The van der Waals surface area contributed by atoms with Crippen molar-refractivity contribution in [2.45, 2.75) is 13.0 Å². The van der Waals surface area contributed by atoms with Crippen molar-refractivity contribution >= 4 is 23.7 Å². The van der Waals surface area contributed by atoms with Crippen LogP contribution in [0.1, 0.15) is 22.3 Å². The molecule has 0 atom stereocenters. The third-order valence-corrected chi connectivity index (χ3v) is 4.47. The van der Waals surface area contributed by atoms with Crippen LogP contribution >= 0.6 is 0 Å². The maximum atomic E-state index is 12.6. The van der Waals surface area contributed by atoms with Gasteiger partial charge in [-0.3, -0.25) is 19.2 Å². The Labute approximate surface area is 174 Å². The van der Waals surface area contributed by atoms with Gasteiger partial charge in [0, 0.05) is 38.2 Å². The Balaban J connectivity index is 1.99. The van der Waals surface area contributed by atoms with E-state index in [4.69, 9.17) is 5.11 Å². The Morgan fingerprint density at radius 1 is 1.10 bits per heavy atom. The lowest BCUT2D eigenvalue weighted by Gasteiger charge is -2.28. The minimum absolute atomic E-state index is 0.0912. The number of carboxylic acid groups (broad SMARTS) is 1. The van der Waals surface area contributed by atoms with Gasteiger partial charge in [-0.05, 0) is 31.8 Å². The van der Waals surface area contributed by atoms with E-state index in [0.29, 0.717) is 12.1 Å². The molecule has 0 fully saturated rings. The summed E-state index contributed by atoms with van der Waals surface area (Å²) in [6.45, 7) is 1.00. The molecule has 0 saturated heterocycles. The fraction of sp³-hybridized carbons (Fsp3) is 0.400. The summed E-state index contributed by atoms with van der Waals surface area (Å²) in [6.07, 6.45) is 0.0912. The van der Waals surface area contributed by atoms with Gasteiger partial charge in [0.1, 0.15) is 17.9 Å². The quantitative estimate of drug-likeness (QED) is 0.405.